The van der Waals surface area contributed by atoms with Crippen LogP contribution in [0.5, 0.6) is 5.75 Å². The number of anilines is 1. The molecule has 5 aromatic rings. The zero-order chi connectivity index (χ0) is 42.1. The van der Waals surface area contributed by atoms with Gasteiger partial charge in [-0.3, -0.25) is 19.2 Å². The van der Waals surface area contributed by atoms with Crippen LogP contribution in [-0.4, -0.2) is 107 Å². The summed E-state index contributed by atoms with van der Waals surface area (Å²) in [6, 6.07) is 31.0. The number of amides is 2. The number of carbonyl (C=O) groups is 3. The predicted molar refractivity (Wildman–Crippen MR) is 229 cm³/mol. The van der Waals surface area contributed by atoms with E-state index >= 15 is 0 Å². The number of H-pyrrole nitrogens is 1. The van der Waals surface area contributed by atoms with Gasteiger partial charge in [0.05, 0.1) is 43.1 Å². The van der Waals surface area contributed by atoms with E-state index in [9.17, 15) is 34.5 Å². The summed E-state index contributed by atoms with van der Waals surface area (Å²) in [5, 5.41) is 35.3. The van der Waals surface area contributed by atoms with E-state index < -0.39 is 17.5 Å². The molecule has 1 unspecified atom stereocenters. The number of benzene rings is 4. The van der Waals surface area contributed by atoms with Crippen molar-refractivity contribution in [2.75, 3.05) is 63.9 Å². The van der Waals surface area contributed by atoms with Crippen molar-refractivity contribution in [1.29, 1.82) is 0 Å². The second kappa shape index (κ2) is 19.4. The largest absolute Gasteiger partial charge is 0.506 e. The Morgan fingerprint density at radius 2 is 1.52 bits per heavy atom. The highest BCUT2D eigenvalue weighted by Gasteiger charge is 2.43. The summed E-state index contributed by atoms with van der Waals surface area (Å²) in [5.74, 6) is -1.01. The number of carboxylic acid groups (broad SMARTS) is 1. The number of fused-ring (bicyclic) bond motifs is 1. The van der Waals surface area contributed by atoms with E-state index in [-0.39, 0.29) is 48.0 Å². The van der Waals surface area contributed by atoms with Crippen molar-refractivity contribution >= 4 is 34.4 Å². The maximum Gasteiger partial charge on any atom is 0.314 e. The minimum atomic E-state index is -1.00. The molecule has 13 nitrogen and oxygen atoms in total. The molecule has 0 bridgehead atoms. The highest BCUT2D eigenvalue weighted by Crippen LogP contribution is 2.36. The molecule has 2 amide bonds. The van der Waals surface area contributed by atoms with Gasteiger partial charge in [-0.1, -0.05) is 78.9 Å². The molecule has 2 aliphatic rings. The lowest BCUT2D eigenvalue weighted by Crippen LogP contribution is -2.49. The summed E-state index contributed by atoms with van der Waals surface area (Å²) in [6.45, 7) is 5.22. The third kappa shape index (κ3) is 9.87. The molecule has 1 aromatic heterocycles. The summed E-state index contributed by atoms with van der Waals surface area (Å²) in [4.78, 5) is 60.2. The highest BCUT2D eigenvalue weighted by atomic mass is 16.5. The van der Waals surface area contributed by atoms with Crippen LogP contribution >= 0.6 is 0 Å². The zero-order valence-electron chi connectivity index (χ0n) is 33.7. The van der Waals surface area contributed by atoms with Gasteiger partial charge in [0.25, 0.3) is 0 Å². The Hall–Kier alpha value is -6.02. The van der Waals surface area contributed by atoms with Gasteiger partial charge in [0.1, 0.15) is 5.75 Å². The Morgan fingerprint density at radius 3 is 2.23 bits per heavy atom. The number of hydrogen-bond donors (Lipinski definition) is 5. The van der Waals surface area contributed by atoms with Gasteiger partial charge in [-0.05, 0) is 71.8 Å². The topological polar surface area (TPSA) is 176 Å². The number of aromatic hydroxyl groups is 1. The number of ether oxygens (including phenoxy) is 1. The number of carboxylic acids is 1. The van der Waals surface area contributed by atoms with Crippen LogP contribution < -0.4 is 15.8 Å². The summed E-state index contributed by atoms with van der Waals surface area (Å²) in [5.41, 5.74) is 4.07. The molecular weight excluding hydrogens is 763 g/mol. The molecule has 60 heavy (non-hydrogen) atoms. The molecular formula is C47H53N5O8. The van der Waals surface area contributed by atoms with E-state index in [0.29, 0.717) is 76.1 Å². The number of phenols is 1. The van der Waals surface area contributed by atoms with Crippen molar-refractivity contribution < 1.29 is 34.4 Å². The van der Waals surface area contributed by atoms with Crippen molar-refractivity contribution in [3.05, 3.63) is 141 Å². The number of pyridine rings is 1. The molecule has 3 heterocycles. The van der Waals surface area contributed by atoms with E-state index in [4.69, 9.17) is 4.74 Å². The highest BCUT2D eigenvalue weighted by molar-refractivity contribution is 5.87. The molecule has 0 aliphatic carbocycles. The van der Waals surface area contributed by atoms with Crippen LogP contribution in [0.4, 0.5) is 5.69 Å². The maximum atomic E-state index is 14.1. The van der Waals surface area contributed by atoms with Crippen LogP contribution in [0.25, 0.3) is 10.9 Å². The average molecular weight is 816 g/mol. The van der Waals surface area contributed by atoms with Crippen molar-refractivity contribution in [2.24, 2.45) is 0 Å². The van der Waals surface area contributed by atoms with Crippen molar-refractivity contribution in [1.82, 2.24) is 20.1 Å². The molecule has 2 fully saturated rings. The zero-order valence-corrected chi connectivity index (χ0v) is 33.7. The first-order valence-corrected chi connectivity index (χ1v) is 20.7. The number of piperidine rings is 1. The predicted octanol–water partition coefficient (Wildman–Crippen LogP) is 4.54. The number of carbonyl (C=O) groups excluding carboxylic acids is 2. The van der Waals surface area contributed by atoms with Gasteiger partial charge in [0.2, 0.25) is 17.4 Å². The molecule has 7 rings (SSSR count). The van der Waals surface area contributed by atoms with Crippen molar-refractivity contribution in [2.45, 2.75) is 50.2 Å². The lowest BCUT2D eigenvalue weighted by Gasteiger charge is -2.39. The number of phenolic OH excluding ortho intramolecular Hbond substituents is 1. The number of aliphatic carboxylic acids is 1. The summed E-state index contributed by atoms with van der Waals surface area (Å²) >= 11 is 0. The van der Waals surface area contributed by atoms with Crippen LogP contribution in [0.15, 0.2) is 108 Å². The van der Waals surface area contributed by atoms with E-state index in [1.807, 2.05) is 71.6 Å². The first-order chi connectivity index (χ1) is 29.1. The first kappa shape index (κ1) is 42.1. The fraction of sp³-hybridized carbons (Fsp3) is 0.362. The standard InChI is InChI=1S/C47H53N5O8/c53-40-17-15-37(38-16-18-42(55)49-45(38)40)41(54)31-48-21-6-22-52(32-35-7-4-5-10-39(35)50-25-27-60-28-26-50)44(57)30-34-13-11-33(12-14-34)29-43(56)51-23-19-47(20-24-51,46(58)59)36-8-2-1-3-9-36/h1-5,7-18,41,48,53-54H,6,19-32H2,(H,49,55)(H,58,59). The molecule has 4 aromatic carbocycles. The molecule has 2 saturated heterocycles. The van der Waals surface area contributed by atoms with Gasteiger partial charge < -0.3 is 45.1 Å². The van der Waals surface area contributed by atoms with Crippen LogP contribution in [-0.2, 0) is 43.9 Å². The smallest absolute Gasteiger partial charge is 0.314 e. The summed E-state index contributed by atoms with van der Waals surface area (Å²) in [7, 11) is 0. The third-order valence-corrected chi connectivity index (χ3v) is 11.9. The minimum Gasteiger partial charge on any atom is -0.506 e. The molecule has 0 radical (unpaired) electrons. The van der Waals surface area contributed by atoms with Crippen LogP contribution in [0.3, 0.4) is 0 Å². The number of aliphatic hydroxyl groups excluding tert-OH is 1. The Bertz CT molecular complexity index is 2320. The van der Waals surface area contributed by atoms with Crippen LogP contribution in [0.1, 0.15) is 53.2 Å². The quantitative estimate of drug-likeness (QED) is 0.0890. The van der Waals surface area contributed by atoms with Gasteiger partial charge in [-0.2, -0.15) is 0 Å². The fourth-order valence-corrected chi connectivity index (χ4v) is 8.42. The van der Waals surface area contributed by atoms with Gasteiger partial charge >= 0.3 is 5.97 Å². The van der Waals surface area contributed by atoms with Crippen molar-refractivity contribution in [3.8, 4) is 5.75 Å². The van der Waals surface area contributed by atoms with Gasteiger partial charge in [-0.15, -0.1) is 0 Å². The number of morpholine rings is 1. The number of nitrogens with one attached hydrogen (secondary N) is 2. The average Bonchev–Trinajstić information content (AvgIpc) is 3.27. The monoisotopic (exact) mass is 815 g/mol. The summed E-state index contributed by atoms with van der Waals surface area (Å²) in [6.07, 6.45) is 0.801. The molecule has 5 N–H and O–H groups in total. The normalized spacial score (nSPS) is 15.8. The van der Waals surface area contributed by atoms with Gasteiger partial charge in [0.15, 0.2) is 0 Å². The molecule has 314 valence electrons. The van der Waals surface area contributed by atoms with E-state index in [1.54, 1.807) is 17.0 Å². The lowest BCUT2D eigenvalue weighted by atomic mass is 9.73. The lowest BCUT2D eigenvalue weighted by molar-refractivity contribution is -0.148. The number of aromatic amines is 1. The Labute approximate surface area is 349 Å². The first-order valence-electron chi connectivity index (χ1n) is 20.7. The molecule has 13 heteroatoms. The van der Waals surface area contributed by atoms with Crippen LogP contribution in [0, 0.1) is 0 Å². The van der Waals surface area contributed by atoms with E-state index in [2.05, 4.69) is 27.3 Å². The van der Waals surface area contributed by atoms with Gasteiger partial charge in [-0.25, -0.2) is 0 Å². The molecule has 1 atom stereocenters. The molecule has 0 saturated carbocycles. The Balaban J connectivity index is 0.967. The molecule has 0 spiro atoms. The molecule has 2 aliphatic heterocycles. The van der Waals surface area contributed by atoms with E-state index in [1.165, 1.54) is 12.1 Å². The summed E-state index contributed by atoms with van der Waals surface area (Å²) < 4.78 is 5.59. The maximum absolute atomic E-state index is 14.1. The van der Waals surface area contributed by atoms with E-state index in [0.717, 1.165) is 41.0 Å². The minimum absolute atomic E-state index is 0.0335. The Kier molecular flexibility index (Phi) is 13.6. The number of likely N-dealkylation sites (tertiary alicyclic amines) is 1. The number of rotatable bonds is 16. The second-order valence-corrected chi connectivity index (χ2v) is 15.7. The number of hydrogen-bond acceptors (Lipinski definition) is 9. The van der Waals surface area contributed by atoms with Crippen molar-refractivity contribution in [3.63, 3.8) is 0 Å². The number of aliphatic hydroxyl groups is 1. The second-order valence-electron chi connectivity index (χ2n) is 15.7. The number of aromatic nitrogens is 1. The number of nitrogens with zero attached hydrogens (tertiary/aromatic N) is 3. The SMILES string of the molecule is O=C(Cc1ccc(CC(=O)N(CCCNCC(O)c2ccc(O)c3[nH]c(=O)ccc23)Cc2ccccc2N2CCOCC2)cc1)N1CCC(C(=O)O)(c2ccccc2)CC1. The van der Waals surface area contributed by atoms with Gasteiger partial charge in [0, 0.05) is 63.0 Å². The Morgan fingerprint density at radius 1 is 0.833 bits per heavy atom. The third-order valence-electron chi connectivity index (χ3n) is 11.9. The number of para-hydroxylation sites is 1. The fourth-order valence-electron chi connectivity index (χ4n) is 8.42. The van der Waals surface area contributed by atoms with Crippen LogP contribution in [0.2, 0.25) is 0 Å².